The molecule has 0 aliphatic rings. The first-order valence-corrected chi connectivity index (χ1v) is 10.1. The van der Waals surface area contributed by atoms with Gasteiger partial charge in [-0.15, -0.1) is 5.10 Å². The third-order valence-electron chi connectivity index (χ3n) is 4.18. The van der Waals surface area contributed by atoms with Gasteiger partial charge in [-0.05, 0) is 36.4 Å². The lowest BCUT2D eigenvalue weighted by atomic mass is 10.2. The highest BCUT2D eigenvalue weighted by atomic mass is 32.2. The quantitative estimate of drug-likeness (QED) is 0.603. The number of hydrogen-bond acceptors (Lipinski definition) is 8. The van der Waals surface area contributed by atoms with Gasteiger partial charge in [0, 0.05) is 19.7 Å². The van der Waals surface area contributed by atoms with Crippen LogP contribution in [0.2, 0.25) is 0 Å². The highest BCUT2D eigenvalue weighted by Crippen LogP contribution is 2.37. The number of benzene rings is 2. The van der Waals surface area contributed by atoms with Crippen LogP contribution in [0.4, 0.5) is 6.01 Å². The Hall–Kier alpha value is -3.44. The lowest BCUT2D eigenvalue weighted by Crippen LogP contribution is -2.22. The summed E-state index contributed by atoms with van der Waals surface area (Å²) in [5, 5.41) is 10.3. The largest absolute Gasteiger partial charge is 0.496 e. The molecule has 0 aliphatic carbocycles. The van der Waals surface area contributed by atoms with E-state index in [-0.39, 0.29) is 22.4 Å². The first-order valence-electron chi connectivity index (χ1n) is 8.66. The zero-order valence-corrected chi connectivity index (χ0v) is 17.6. The highest BCUT2D eigenvalue weighted by molar-refractivity contribution is 7.89. The number of nitrogens with one attached hydrogen (secondary N) is 1. The number of aromatic nitrogens is 2. The minimum absolute atomic E-state index is 0.0763. The van der Waals surface area contributed by atoms with Gasteiger partial charge in [0.05, 0.1) is 19.1 Å². The van der Waals surface area contributed by atoms with Crippen molar-refractivity contribution in [3.8, 4) is 23.0 Å². The maximum Gasteiger partial charge on any atom is 0.322 e. The van der Waals surface area contributed by atoms with Crippen LogP contribution in [0.25, 0.3) is 11.5 Å². The molecule has 0 spiro atoms. The van der Waals surface area contributed by atoms with Gasteiger partial charge in [0.25, 0.3) is 11.8 Å². The SMILES string of the molecule is COc1cccc(OC)c1-c1nnc(NC(=O)c2ccc(S(=O)(=O)N(C)C)cc2)o1. The average molecular weight is 432 g/mol. The van der Waals surface area contributed by atoms with Crippen molar-refractivity contribution < 1.29 is 27.1 Å². The van der Waals surface area contributed by atoms with Crippen molar-refractivity contribution in [1.82, 2.24) is 14.5 Å². The predicted octanol–water partition coefficient (Wildman–Crippen LogP) is 2.26. The van der Waals surface area contributed by atoms with Gasteiger partial charge in [0.15, 0.2) is 0 Å². The number of methoxy groups -OCH3 is 2. The van der Waals surface area contributed by atoms with Gasteiger partial charge in [-0.3, -0.25) is 10.1 Å². The zero-order chi connectivity index (χ0) is 21.9. The second-order valence-electron chi connectivity index (χ2n) is 6.22. The molecular weight excluding hydrogens is 412 g/mol. The normalized spacial score (nSPS) is 11.4. The van der Waals surface area contributed by atoms with Crippen LogP contribution in [0.5, 0.6) is 11.5 Å². The Morgan fingerprint density at radius 1 is 1.00 bits per heavy atom. The van der Waals surface area contributed by atoms with Gasteiger partial charge in [-0.2, -0.15) is 0 Å². The Balaban J connectivity index is 1.81. The van der Waals surface area contributed by atoms with Gasteiger partial charge in [-0.1, -0.05) is 11.2 Å². The van der Waals surface area contributed by atoms with Crippen LogP contribution in [0.3, 0.4) is 0 Å². The van der Waals surface area contributed by atoms with Crippen molar-refractivity contribution >= 4 is 21.9 Å². The zero-order valence-electron chi connectivity index (χ0n) is 16.7. The molecule has 0 saturated heterocycles. The molecule has 0 bridgehead atoms. The molecule has 3 aromatic rings. The molecule has 0 radical (unpaired) electrons. The minimum atomic E-state index is -3.58. The molecule has 1 N–H and O–H groups in total. The van der Waals surface area contributed by atoms with Crippen LogP contribution >= 0.6 is 0 Å². The molecule has 11 heteroatoms. The Kier molecular flexibility index (Phi) is 6.04. The van der Waals surface area contributed by atoms with Crippen LogP contribution in [0, 0.1) is 0 Å². The molecule has 0 fully saturated rings. The molecule has 3 rings (SSSR count). The van der Waals surface area contributed by atoms with Gasteiger partial charge in [0.2, 0.25) is 10.0 Å². The standard InChI is InChI=1S/C19H20N4O6S/c1-23(2)30(25,26)13-10-8-12(9-11-13)17(24)20-19-22-21-18(29-19)16-14(27-3)6-5-7-15(16)28-4/h5-11H,1-4H3,(H,20,22,24). The van der Waals surface area contributed by atoms with Crippen molar-refractivity contribution in [2.45, 2.75) is 4.90 Å². The maximum absolute atomic E-state index is 12.5. The molecule has 1 heterocycles. The van der Waals surface area contributed by atoms with E-state index in [1.807, 2.05) is 0 Å². The van der Waals surface area contributed by atoms with E-state index in [2.05, 4.69) is 15.5 Å². The fourth-order valence-corrected chi connectivity index (χ4v) is 3.50. The molecular formula is C19H20N4O6S. The summed E-state index contributed by atoms with van der Waals surface area (Å²) in [5.41, 5.74) is 0.677. The first-order chi connectivity index (χ1) is 14.3. The monoisotopic (exact) mass is 432 g/mol. The van der Waals surface area contributed by atoms with E-state index < -0.39 is 15.9 Å². The number of carbonyl (C=O) groups excluding carboxylic acids is 1. The molecule has 1 aromatic heterocycles. The molecule has 0 saturated carbocycles. The van der Waals surface area contributed by atoms with Gasteiger partial charge in [-0.25, -0.2) is 12.7 Å². The summed E-state index contributed by atoms with van der Waals surface area (Å²) in [5.74, 6) is 0.500. The van der Waals surface area contributed by atoms with Crippen molar-refractivity contribution in [2.24, 2.45) is 0 Å². The number of ether oxygens (including phenoxy) is 2. The summed E-state index contributed by atoms with van der Waals surface area (Å²) in [4.78, 5) is 12.5. The minimum Gasteiger partial charge on any atom is -0.496 e. The van der Waals surface area contributed by atoms with E-state index in [0.29, 0.717) is 17.1 Å². The van der Waals surface area contributed by atoms with Crippen molar-refractivity contribution in [3.05, 3.63) is 48.0 Å². The lowest BCUT2D eigenvalue weighted by Gasteiger charge is -2.11. The van der Waals surface area contributed by atoms with Crippen LogP contribution in [-0.4, -0.2) is 57.1 Å². The van der Waals surface area contributed by atoms with Crippen LogP contribution in [0.15, 0.2) is 51.8 Å². The Morgan fingerprint density at radius 3 is 2.13 bits per heavy atom. The number of carbonyl (C=O) groups is 1. The van der Waals surface area contributed by atoms with Gasteiger partial charge < -0.3 is 13.9 Å². The molecule has 0 aliphatic heterocycles. The highest BCUT2D eigenvalue weighted by Gasteiger charge is 2.21. The van der Waals surface area contributed by atoms with Gasteiger partial charge >= 0.3 is 6.01 Å². The Morgan fingerprint density at radius 2 is 1.60 bits per heavy atom. The fraction of sp³-hybridized carbons (Fsp3) is 0.211. The Labute approximate surface area is 173 Å². The van der Waals surface area contributed by atoms with Crippen LogP contribution < -0.4 is 14.8 Å². The molecule has 158 valence electrons. The molecule has 2 aromatic carbocycles. The predicted molar refractivity (Wildman–Crippen MR) is 108 cm³/mol. The van der Waals surface area contributed by atoms with E-state index >= 15 is 0 Å². The number of rotatable bonds is 7. The number of anilines is 1. The summed E-state index contributed by atoms with van der Waals surface area (Å²) in [6, 6.07) is 10.5. The molecule has 30 heavy (non-hydrogen) atoms. The number of hydrogen-bond donors (Lipinski definition) is 1. The molecule has 1 amide bonds. The van der Waals surface area contributed by atoms with E-state index in [4.69, 9.17) is 13.9 Å². The Bertz CT molecular complexity index is 1130. The summed E-state index contributed by atoms with van der Waals surface area (Å²) < 4.78 is 41.5. The summed E-state index contributed by atoms with van der Waals surface area (Å²) in [6.45, 7) is 0. The van der Waals surface area contributed by atoms with E-state index in [1.165, 1.54) is 52.6 Å². The number of sulfonamides is 1. The topological polar surface area (TPSA) is 124 Å². The average Bonchev–Trinajstić information content (AvgIpc) is 3.20. The summed E-state index contributed by atoms with van der Waals surface area (Å²) in [6.07, 6.45) is 0. The first kappa shape index (κ1) is 21.3. The third-order valence-corrected chi connectivity index (χ3v) is 6.01. The third kappa shape index (κ3) is 4.11. The van der Waals surface area contributed by atoms with Crippen molar-refractivity contribution in [3.63, 3.8) is 0 Å². The number of amides is 1. The second-order valence-corrected chi connectivity index (χ2v) is 8.37. The molecule has 0 unspecified atom stereocenters. The van der Waals surface area contributed by atoms with Gasteiger partial charge in [0.1, 0.15) is 17.1 Å². The van der Waals surface area contributed by atoms with E-state index in [0.717, 1.165) is 4.31 Å². The second kappa shape index (κ2) is 8.51. The van der Waals surface area contributed by atoms with E-state index in [1.54, 1.807) is 18.2 Å². The van der Waals surface area contributed by atoms with Crippen LogP contribution in [0.1, 0.15) is 10.4 Å². The fourth-order valence-electron chi connectivity index (χ4n) is 2.60. The van der Waals surface area contributed by atoms with Crippen LogP contribution in [-0.2, 0) is 10.0 Å². The summed E-state index contributed by atoms with van der Waals surface area (Å²) >= 11 is 0. The van der Waals surface area contributed by atoms with Crippen molar-refractivity contribution in [1.29, 1.82) is 0 Å². The lowest BCUT2D eigenvalue weighted by molar-refractivity contribution is 0.102. The van der Waals surface area contributed by atoms with E-state index in [9.17, 15) is 13.2 Å². The number of nitrogens with zero attached hydrogens (tertiary/aromatic N) is 3. The maximum atomic E-state index is 12.5. The molecule has 10 nitrogen and oxygen atoms in total. The molecule has 0 atom stereocenters. The smallest absolute Gasteiger partial charge is 0.322 e. The summed E-state index contributed by atoms with van der Waals surface area (Å²) in [7, 11) is 2.27. The van der Waals surface area contributed by atoms with Crippen molar-refractivity contribution in [2.75, 3.05) is 33.6 Å².